The van der Waals surface area contributed by atoms with Crippen molar-refractivity contribution in [1.82, 2.24) is 9.55 Å². The molecular weight excluding hydrogens is 386 g/mol. The van der Waals surface area contributed by atoms with E-state index in [2.05, 4.69) is 10.3 Å². The van der Waals surface area contributed by atoms with Crippen LogP contribution in [0.5, 0.6) is 0 Å². The summed E-state index contributed by atoms with van der Waals surface area (Å²) < 4.78 is 1.52. The zero-order chi connectivity index (χ0) is 18.8. The zero-order valence-corrected chi connectivity index (χ0v) is 17.4. The minimum absolute atomic E-state index is 0.0626. The van der Waals surface area contributed by atoms with Gasteiger partial charge in [0.15, 0.2) is 5.16 Å². The zero-order valence-electron chi connectivity index (χ0n) is 15.0. The molecule has 1 amide bonds. The van der Waals surface area contributed by atoms with E-state index in [1.807, 2.05) is 44.4 Å². The Morgan fingerprint density at radius 1 is 1.27 bits per heavy atom. The number of aromatic nitrogens is 2. The summed E-state index contributed by atoms with van der Waals surface area (Å²) in [6, 6.07) is 7.69. The average molecular weight is 406 g/mol. The lowest BCUT2D eigenvalue weighted by Crippen LogP contribution is -2.21. The van der Waals surface area contributed by atoms with Crippen molar-refractivity contribution in [2.24, 2.45) is 7.05 Å². The van der Waals surface area contributed by atoms with Crippen molar-refractivity contribution in [3.63, 3.8) is 0 Å². The van der Waals surface area contributed by atoms with Crippen molar-refractivity contribution >= 4 is 56.7 Å². The fraction of sp³-hybridized carbons (Fsp3) is 0.278. The number of carbonyl (C=O) groups is 1. The summed E-state index contributed by atoms with van der Waals surface area (Å²) in [5.41, 5.74) is 1.68. The summed E-state index contributed by atoms with van der Waals surface area (Å²) in [5, 5.41) is 4.10. The topological polar surface area (TPSA) is 64.0 Å². The van der Waals surface area contributed by atoms with Crippen LogP contribution in [0.3, 0.4) is 0 Å². The molecule has 0 saturated heterocycles. The highest BCUT2D eigenvalue weighted by molar-refractivity contribution is 7.99. The van der Waals surface area contributed by atoms with E-state index in [1.165, 1.54) is 27.7 Å². The number of benzene rings is 1. The molecule has 8 heteroatoms. The number of fused-ring (bicyclic) bond motifs is 1. The average Bonchev–Trinajstić information content (AvgIpc) is 2.91. The number of hydrogen-bond donors (Lipinski definition) is 1. The Morgan fingerprint density at radius 2 is 1.96 bits per heavy atom. The van der Waals surface area contributed by atoms with Gasteiger partial charge in [-0.3, -0.25) is 14.2 Å². The summed E-state index contributed by atoms with van der Waals surface area (Å²) in [4.78, 5) is 32.4. The Morgan fingerprint density at radius 3 is 2.62 bits per heavy atom. The smallest absolute Gasteiger partial charge is 0.262 e. The molecule has 136 valence electrons. The van der Waals surface area contributed by atoms with E-state index in [0.29, 0.717) is 10.5 Å². The predicted octanol–water partition coefficient (Wildman–Crippen LogP) is 4.06. The SMILES string of the molecule is CSc1ccc(NC(=O)CSc2nc3sc(C)c(C)c3c(=O)n2C)cc1. The number of carbonyl (C=O) groups excluding carboxylic acids is 1. The van der Waals surface area contributed by atoms with E-state index < -0.39 is 0 Å². The predicted molar refractivity (Wildman–Crippen MR) is 112 cm³/mol. The van der Waals surface area contributed by atoms with Gasteiger partial charge < -0.3 is 5.32 Å². The number of anilines is 1. The first-order chi connectivity index (χ1) is 12.4. The third kappa shape index (κ3) is 3.82. The van der Waals surface area contributed by atoms with Crippen LogP contribution in [0.2, 0.25) is 0 Å². The first-order valence-corrected chi connectivity index (χ1v) is 11.0. The normalized spacial score (nSPS) is 11.1. The molecule has 5 nitrogen and oxygen atoms in total. The molecule has 1 N–H and O–H groups in total. The number of thioether (sulfide) groups is 2. The molecule has 0 fully saturated rings. The summed E-state index contributed by atoms with van der Waals surface area (Å²) in [7, 11) is 1.70. The number of nitrogens with zero attached hydrogens (tertiary/aromatic N) is 2. The maximum absolute atomic E-state index is 12.6. The van der Waals surface area contributed by atoms with Gasteiger partial charge in [0, 0.05) is 22.5 Å². The molecule has 0 aliphatic rings. The highest BCUT2D eigenvalue weighted by Gasteiger charge is 2.15. The van der Waals surface area contributed by atoms with E-state index in [4.69, 9.17) is 0 Å². The number of rotatable bonds is 5. The highest BCUT2D eigenvalue weighted by Crippen LogP contribution is 2.28. The van der Waals surface area contributed by atoms with Crippen molar-refractivity contribution in [3.05, 3.63) is 45.1 Å². The van der Waals surface area contributed by atoms with Crippen LogP contribution in [0.1, 0.15) is 10.4 Å². The minimum atomic E-state index is -0.125. The second-order valence-corrected chi connectivity index (χ2v) is 8.81. The lowest BCUT2D eigenvalue weighted by molar-refractivity contribution is -0.113. The van der Waals surface area contributed by atoms with Crippen LogP contribution in [0, 0.1) is 13.8 Å². The van der Waals surface area contributed by atoms with Crippen molar-refractivity contribution in [3.8, 4) is 0 Å². The number of aryl methyl sites for hydroxylation is 2. The number of nitrogens with one attached hydrogen (secondary N) is 1. The lowest BCUT2D eigenvalue weighted by atomic mass is 10.2. The monoisotopic (exact) mass is 405 g/mol. The third-order valence-electron chi connectivity index (χ3n) is 4.08. The number of thiophene rings is 1. The lowest BCUT2D eigenvalue weighted by Gasteiger charge is -2.08. The van der Waals surface area contributed by atoms with Crippen LogP contribution in [-0.4, -0.2) is 27.5 Å². The van der Waals surface area contributed by atoms with Crippen LogP contribution in [-0.2, 0) is 11.8 Å². The van der Waals surface area contributed by atoms with Gasteiger partial charge in [0.2, 0.25) is 5.91 Å². The second kappa shape index (κ2) is 7.85. The van der Waals surface area contributed by atoms with Crippen molar-refractivity contribution in [2.45, 2.75) is 23.9 Å². The van der Waals surface area contributed by atoms with Gasteiger partial charge in [-0.1, -0.05) is 11.8 Å². The van der Waals surface area contributed by atoms with Gasteiger partial charge >= 0.3 is 0 Å². The van der Waals surface area contributed by atoms with Crippen molar-refractivity contribution < 1.29 is 4.79 Å². The molecular formula is C18H19N3O2S3. The molecule has 26 heavy (non-hydrogen) atoms. The Balaban J connectivity index is 1.73. The number of hydrogen-bond acceptors (Lipinski definition) is 6. The van der Waals surface area contributed by atoms with Crippen LogP contribution in [0.15, 0.2) is 39.1 Å². The van der Waals surface area contributed by atoms with E-state index in [-0.39, 0.29) is 17.2 Å². The van der Waals surface area contributed by atoms with Gasteiger partial charge in [0.25, 0.3) is 5.56 Å². The third-order valence-corrected chi connectivity index (χ3v) is 6.95. The highest BCUT2D eigenvalue weighted by atomic mass is 32.2. The Bertz CT molecular complexity index is 1020. The first-order valence-electron chi connectivity index (χ1n) is 7.94. The molecule has 0 saturated carbocycles. The Hall–Kier alpha value is -1.77. The largest absolute Gasteiger partial charge is 0.325 e. The summed E-state index contributed by atoms with van der Waals surface area (Å²) in [5.74, 6) is 0.0687. The molecule has 0 unspecified atom stereocenters. The maximum Gasteiger partial charge on any atom is 0.262 e. The standard InChI is InChI=1S/C18H19N3O2S3/c1-10-11(2)26-16-15(10)17(23)21(3)18(20-16)25-9-14(22)19-12-5-7-13(24-4)8-6-12/h5-8H,9H2,1-4H3,(H,19,22). The second-order valence-electron chi connectivity index (χ2n) is 5.79. The molecule has 1 aromatic carbocycles. The molecule has 0 bridgehead atoms. The van der Waals surface area contributed by atoms with Crippen LogP contribution < -0.4 is 10.9 Å². The van der Waals surface area contributed by atoms with E-state index in [0.717, 1.165) is 25.9 Å². The van der Waals surface area contributed by atoms with E-state index >= 15 is 0 Å². The summed E-state index contributed by atoms with van der Waals surface area (Å²) in [6.07, 6.45) is 2.01. The molecule has 0 radical (unpaired) electrons. The molecule has 3 rings (SSSR count). The Kier molecular flexibility index (Phi) is 5.74. The molecule has 0 atom stereocenters. The molecule has 2 aromatic heterocycles. The molecule has 2 heterocycles. The summed E-state index contributed by atoms with van der Waals surface area (Å²) in [6.45, 7) is 3.93. The van der Waals surface area contributed by atoms with Crippen molar-refractivity contribution in [1.29, 1.82) is 0 Å². The van der Waals surface area contributed by atoms with Crippen LogP contribution in [0.25, 0.3) is 10.2 Å². The van der Waals surface area contributed by atoms with Gasteiger partial charge in [-0.2, -0.15) is 0 Å². The van der Waals surface area contributed by atoms with Crippen LogP contribution >= 0.6 is 34.9 Å². The van der Waals surface area contributed by atoms with Gasteiger partial charge in [0.1, 0.15) is 4.83 Å². The van der Waals surface area contributed by atoms with Crippen molar-refractivity contribution in [2.75, 3.05) is 17.3 Å². The van der Waals surface area contributed by atoms with Gasteiger partial charge in [-0.05, 0) is 49.9 Å². The van der Waals surface area contributed by atoms with E-state index in [1.54, 1.807) is 18.8 Å². The molecule has 0 aliphatic carbocycles. The number of amides is 1. The van der Waals surface area contributed by atoms with Gasteiger partial charge in [-0.25, -0.2) is 4.98 Å². The minimum Gasteiger partial charge on any atom is -0.325 e. The first kappa shape index (κ1) is 19.0. The quantitative estimate of drug-likeness (QED) is 0.512. The fourth-order valence-electron chi connectivity index (χ4n) is 2.49. The summed E-state index contributed by atoms with van der Waals surface area (Å²) >= 11 is 4.44. The maximum atomic E-state index is 12.6. The Labute approximate surface area is 164 Å². The van der Waals surface area contributed by atoms with Gasteiger partial charge in [-0.15, -0.1) is 23.1 Å². The molecule has 0 aliphatic heterocycles. The molecule has 0 spiro atoms. The fourth-order valence-corrected chi connectivity index (χ4v) is 4.74. The van der Waals surface area contributed by atoms with Gasteiger partial charge in [0.05, 0.1) is 11.1 Å². The molecule has 3 aromatic rings. The van der Waals surface area contributed by atoms with Crippen LogP contribution in [0.4, 0.5) is 5.69 Å². The van der Waals surface area contributed by atoms with E-state index in [9.17, 15) is 9.59 Å².